The van der Waals surface area contributed by atoms with Crippen LogP contribution >= 0.6 is 0 Å². The van der Waals surface area contributed by atoms with Crippen LogP contribution in [-0.4, -0.2) is 45.5 Å². The maximum atomic E-state index is 12.5. The molecule has 0 atom stereocenters. The van der Waals surface area contributed by atoms with Gasteiger partial charge in [0.15, 0.2) is 0 Å². The van der Waals surface area contributed by atoms with Gasteiger partial charge in [0, 0.05) is 30.3 Å². The number of carbonyl (C=O) groups excluding carboxylic acids is 1. The highest BCUT2D eigenvalue weighted by molar-refractivity contribution is 5.69. The van der Waals surface area contributed by atoms with Crippen molar-refractivity contribution in [2.45, 2.75) is 187 Å². The number of aliphatic hydroxyl groups excluding tert-OH is 1. The quantitative estimate of drug-likeness (QED) is 0.131. The summed E-state index contributed by atoms with van der Waals surface area (Å²) in [7, 11) is 0. The molecule has 214 valence electrons. The van der Waals surface area contributed by atoms with Crippen molar-refractivity contribution in [2.75, 3.05) is 6.61 Å². The number of ether oxygens (including phenoxy) is 1. The standard InChI is InChI=1S/C31H61NO4/c1-8-9-10-11-12-13-14-15-16-17-18-19-20-21-22-23-28(34)35-27-24-29(2,3)32(30(4,5)25-27)36-31(6,7)26-33/h27,33H,8-26H2,1-7H3. The normalized spacial score (nSPS) is 18.4. The van der Waals surface area contributed by atoms with Gasteiger partial charge in [0.2, 0.25) is 0 Å². The van der Waals surface area contributed by atoms with E-state index in [1.54, 1.807) is 0 Å². The molecule has 0 aromatic rings. The number of aliphatic hydroxyl groups is 1. The van der Waals surface area contributed by atoms with Crippen LogP contribution in [0.3, 0.4) is 0 Å². The molecule has 1 aliphatic heterocycles. The maximum absolute atomic E-state index is 12.5. The molecule has 0 unspecified atom stereocenters. The van der Waals surface area contributed by atoms with Crippen LogP contribution in [0.4, 0.5) is 0 Å². The summed E-state index contributed by atoms with van der Waals surface area (Å²) in [5.74, 6) is -0.0636. The van der Waals surface area contributed by atoms with Gasteiger partial charge in [-0.05, 0) is 48.0 Å². The Morgan fingerprint density at radius 2 is 1.17 bits per heavy atom. The zero-order valence-electron chi connectivity index (χ0n) is 25.1. The van der Waals surface area contributed by atoms with Crippen molar-refractivity contribution in [1.29, 1.82) is 0 Å². The minimum Gasteiger partial charge on any atom is -0.462 e. The molecule has 5 heteroatoms. The van der Waals surface area contributed by atoms with Crippen molar-refractivity contribution in [3.8, 4) is 0 Å². The number of hydrogen-bond acceptors (Lipinski definition) is 5. The molecule has 0 aliphatic carbocycles. The van der Waals surface area contributed by atoms with Crippen LogP contribution < -0.4 is 0 Å². The number of hydrogen-bond donors (Lipinski definition) is 1. The summed E-state index contributed by atoms with van der Waals surface area (Å²) in [6, 6.07) is 0. The molecule has 0 radical (unpaired) electrons. The highest BCUT2D eigenvalue weighted by Gasteiger charge is 2.49. The topological polar surface area (TPSA) is 59.0 Å². The summed E-state index contributed by atoms with van der Waals surface area (Å²) in [5.41, 5.74) is -1.24. The summed E-state index contributed by atoms with van der Waals surface area (Å²) in [4.78, 5) is 18.7. The Kier molecular flexibility index (Phi) is 15.8. The zero-order valence-corrected chi connectivity index (χ0v) is 25.1. The lowest BCUT2D eigenvalue weighted by Gasteiger charge is -2.55. The first-order valence-electron chi connectivity index (χ1n) is 15.2. The first kappa shape index (κ1) is 33.4. The van der Waals surface area contributed by atoms with Crippen molar-refractivity contribution in [1.82, 2.24) is 5.06 Å². The van der Waals surface area contributed by atoms with Gasteiger partial charge in [-0.2, -0.15) is 5.06 Å². The van der Waals surface area contributed by atoms with Crippen LogP contribution in [0.2, 0.25) is 0 Å². The second-order valence-electron chi connectivity index (χ2n) is 13.1. The van der Waals surface area contributed by atoms with Crippen LogP contribution in [0.25, 0.3) is 0 Å². The molecule has 0 aromatic heterocycles. The monoisotopic (exact) mass is 511 g/mol. The van der Waals surface area contributed by atoms with Gasteiger partial charge in [-0.1, -0.05) is 96.8 Å². The van der Waals surface area contributed by atoms with Crippen molar-refractivity contribution < 1.29 is 19.5 Å². The number of piperidine rings is 1. The van der Waals surface area contributed by atoms with Crippen LogP contribution in [0, 0.1) is 0 Å². The van der Waals surface area contributed by atoms with Gasteiger partial charge in [-0.3, -0.25) is 9.63 Å². The molecule has 1 heterocycles. The van der Waals surface area contributed by atoms with E-state index in [4.69, 9.17) is 9.57 Å². The number of nitrogens with zero attached hydrogens (tertiary/aromatic N) is 1. The third kappa shape index (κ3) is 13.8. The van der Waals surface area contributed by atoms with E-state index < -0.39 is 5.60 Å². The van der Waals surface area contributed by atoms with E-state index in [0.717, 1.165) is 25.7 Å². The molecule has 1 N–H and O–H groups in total. The average Bonchev–Trinajstić information content (AvgIpc) is 2.78. The molecule has 1 fully saturated rings. The fourth-order valence-electron chi connectivity index (χ4n) is 5.66. The highest BCUT2D eigenvalue weighted by atomic mass is 16.7. The van der Waals surface area contributed by atoms with E-state index in [-0.39, 0.29) is 29.8 Å². The SMILES string of the molecule is CCCCCCCCCCCCCCCCCC(=O)OC1CC(C)(C)N(OC(C)(C)CO)C(C)(C)C1. The van der Waals surface area contributed by atoms with E-state index in [2.05, 4.69) is 34.6 Å². The summed E-state index contributed by atoms with van der Waals surface area (Å²) >= 11 is 0. The second-order valence-corrected chi connectivity index (χ2v) is 13.1. The molecule has 0 bridgehead atoms. The van der Waals surface area contributed by atoms with Gasteiger partial charge in [-0.25, -0.2) is 0 Å². The largest absolute Gasteiger partial charge is 0.462 e. The fraction of sp³-hybridized carbons (Fsp3) is 0.968. The Bertz CT molecular complexity index is 569. The Morgan fingerprint density at radius 1 is 0.778 bits per heavy atom. The van der Waals surface area contributed by atoms with Crippen LogP contribution in [0.1, 0.15) is 164 Å². The molecule has 1 saturated heterocycles. The molecule has 0 aromatic carbocycles. The van der Waals surface area contributed by atoms with Gasteiger partial charge >= 0.3 is 5.97 Å². The maximum Gasteiger partial charge on any atom is 0.306 e. The van der Waals surface area contributed by atoms with Gasteiger partial charge < -0.3 is 9.84 Å². The molecule has 5 nitrogen and oxygen atoms in total. The highest BCUT2D eigenvalue weighted by Crippen LogP contribution is 2.41. The predicted molar refractivity (Wildman–Crippen MR) is 151 cm³/mol. The van der Waals surface area contributed by atoms with Gasteiger partial charge in [0.05, 0.1) is 6.61 Å². The lowest BCUT2D eigenvalue weighted by molar-refractivity contribution is -0.341. The zero-order chi connectivity index (χ0) is 27.1. The first-order valence-corrected chi connectivity index (χ1v) is 15.2. The van der Waals surface area contributed by atoms with Crippen molar-refractivity contribution in [3.05, 3.63) is 0 Å². The smallest absolute Gasteiger partial charge is 0.306 e. The van der Waals surface area contributed by atoms with E-state index in [9.17, 15) is 9.90 Å². The lowest BCUT2D eigenvalue weighted by atomic mass is 9.80. The third-order valence-electron chi connectivity index (χ3n) is 7.56. The van der Waals surface area contributed by atoms with E-state index in [1.807, 2.05) is 18.9 Å². The van der Waals surface area contributed by atoms with Gasteiger partial charge in [0.25, 0.3) is 0 Å². The Morgan fingerprint density at radius 3 is 1.56 bits per heavy atom. The molecule has 36 heavy (non-hydrogen) atoms. The molecule has 1 rings (SSSR count). The summed E-state index contributed by atoms with van der Waals surface area (Å²) in [6.07, 6.45) is 21.7. The number of esters is 1. The molecule has 0 amide bonds. The molecule has 0 spiro atoms. The molecular formula is C31H61NO4. The van der Waals surface area contributed by atoms with Crippen molar-refractivity contribution in [2.24, 2.45) is 0 Å². The minimum absolute atomic E-state index is 0.0483. The van der Waals surface area contributed by atoms with Crippen LogP contribution in [0.5, 0.6) is 0 Å². The minimum atomic E-state index is -0.647. The number of rotatable bonds is 20. The fourth-order valence-corrected chi connectivity index (χ4v) is 5.66. The van der Waals surface area contributed by atoms with Crippen molar-refractivity contribution in [3.63, 3.8) is 0 Å². The van der Waals surface area contributed by atoms with Crippen LogP contribution in [-0.2, 0) is 14.4 Å². The van der Waals surface area contributed by atoms with Crippen LogP contribution in [0.15, 0.2) is 0 Å². The Hall–Kier alpha value is -0.650. The predicted octanol–water partition coefficient (Wildman–Crippen LogP) is 8.52. The van der Waals surface area contributed by atoms with E-state index in [1.165, 1.54) is 83.5 Å². The average molecular weight is 512 g/mol. The summed E-state index contributed by atoms with van der Waals surface area (Å²) in [6.45, 7) is 14.5. The van der Waals surface area contributed by atoms with E-state index in [0.29, 0.717) is 6.42 Å². The third-order valence-corrected chi connectivity index (χ3v) is 7.56. The molecule has 1 aliphatic rings. The summed E-state index contributed by atoms with van der Waals surface area (Å²) in [5, 5.41) is 11.7. The number of unbranched alkanes of at least 4 members (excludes halogenated alkanes) is 14. The Labute approximate surface area is 224 Å². The van der Waals surface area contributed by atoms with Crippen molar-refractivity contribution >= 4 is 5.97 Å². The summed E-state index contributed by atoms with van der Waals surface area (Å²) < 4.78 is 5.92. The lowest BCUT2D eigenvalue weighted by Crippen LogP contribution is -2.64. The number of hydroxylamine groups is 2. The van der Waals surface area contributed by atoms with E-state index >= 15 is 0 Å². The van der Waals surface area contributed by atoms with Gasteiger partial charge in [0.1, 0.15) is 11.7 Å². The molecule has 0 saturated carbocycles. The first-order chi connectivity index (χ1) is 16.9. The second kappa shape index (κ2) is 17.0. The Balaban J connectivity index is 2.13. The van der Waals surface area contributed by atoms with Gasteiger partial charge in [-0.15, -0.1) is 0 Å². The molecular weight excluding hydrogens is 450 g/mol. The number of carbonyl (C=O) groups is 1.